The quantitative estimate of drug-likeness (QED) is 0.430. The Morgan fingerprint density at radius 2 is 1.68 bits per heavy atom. The van der Waals surface area contributed by atoms with E-state index < -0.39 is 21.5 Å². The molecule has 0 radical (unpaired) electrons. The fourth-order valence-corrected chi connectivity index (χ4v) is 7.79. The van der Waals surface area contributed by atoms with Crippen molar-refractivity contribution in [2.75, 3.05) is 20.8 Å². The summed E-state index contributed by atoms with van der Waals surface area (Å²) in [6.07, 6.45) is 3.02. The lowest BCUT2D eigenvalue weighted by molar-refractivity contribution is -0.168. The molecular weight excluding hydrogens is 502 g/mol. The van der Waals surface area contributed by atoms with Crippen molar-refractivity contribution in [2.24, 2.45) is 17.8 Å². The van der Waals surface area contributed by atoms with E-state index in [2.05, 4.69) is 20.8 Å². The fraction of sp³-hybridized carbons (Fsp3) is 0.567. The average Bonchev–Trinajstić information content (AvgIpc) is 2.88. The van der Waals surface area contributed by atoms with Crippen molar-refractivity contribution in [1.82, 2.24) is 4.31 Å². The molecule has 1 aliphatic heterocycles. The zero-order valence-corrected chi connectivity index (χ0v) is 24.4. The Morgan fingerprint density at radius 3 is 2.29 bits per heavy atom. The maximum atomic E-state index is 14.3. The molecule has 0 N–H and O–H groups in total. The van der Waals surface area contributed by atoms with E-state index in [1.165, 1.54) is 11.4 Å². The Morgan fingerprint density at radius 1 is 1.05 bits per heavy atom. The molecule has 0 spiro atoms. The highest BCUT2D eigenvalue weighted by Gasteiger charge is 2.53. The molecule has 0 amide bonds. The smallest absolute Gasteiger partial charge is 0.332 e. The van der Waals surface area contributed by atoms with E-state index >= 15 is 0 Å². The van der Waals surface area contributed by atoms with Gasteiger partial charge in [-0.25, -0.2) is 13.2 Å². The second-order valence-electron chi connectivity index (χ2n) is 11.3. The third-order valence-corrected chi connectivity index (χ3v) is 10.4. The number of benzene rings is 2. The van der Waals surface area contributed by atoms with Crippen LogP contribution in [0.3, 0.4) is 0 Å². The molecule has 2 aromatic carbocycles. The summed E-state index contributed by atoms with van der Waals surface area (Å²) in [5, 5.41) is 0. The highest BCUT2D eigenvalue weighted by molar-refractivity contribution is 7.89. The Labute approximate surface area is 227 Å². The van der Waals surface area contributed by atoms with Crippen LogP contribution in [0.15, 0.2) is 41.3 Å². The fourth-order valence-electron chi connectivity index (χ4n) is 6.07. The zero-order valence-electron chi connectivity index (χ0n) is 23.6. The van der Waals surface area contributed by atoms with Gasteiger partial charge >= 0.3 is 5.97 Å². The summed E-state index contributed by atoms with van der Waals surface area (Å²) in [7, 11) is -0.942. The van der Waals surface area contributed by atoms with Gasteiger partial charge in [-0.2, -0.15) is 4.31 Å². The summed E-state index contributed by atoms with van der Waals surface area (Å²) in [4.78, 5) is 14.5. The van der Waals surface area contributed by atoms with Crippen LogP contribution in [0.2, 0.25) is 0 Å². The van der Waals surface area contributed by atoms with Gasteiger partial charge in [0.2, 0.25) is 10.0 Å². The summed E-state index contributed by atoms with van der Waals surface area (Å²) >= 11 is 0. The summed E-state index contributed by atoms with van der Waals surface area (Å²) in [6.45, 7) is 10.2. The Bertz CT molecular complexity index is 1270. The van der Waals surface area contributed by atoms with E-state index in [0.29, 0.717) is 35.3 Å². The lowest BCUT2D eigenvalue weighted by atomic mass is 9.75. The molecule has 4 atom stereocenters. The van der Waals surface area contributed by atoms with Gasteiger partial charge in [0.1, 0.15) is 6.10 Å². The minimum absolute atomic E-state index is 0.138. The first kappa shape index (κ1) is 28.4. The molecular formula is C30H41NO6S. The van der Waals surface area contributed by atoms with Gasteiger partial charge in [0.25, 0.3) is 0 Å². The average molecular weight is 544 g/mol. The summed E-state index contributed by atoms with van der Waals surface area (Å²) in [5.41, 5.74) is 0.777. The van der Waals surface area contributed by atoms with E-state index in [1.807, 2.05) is 13.0 Å². The number of methoxy groups -OCH3 is 2. The third kappa shape index (κ3) is 5.05. The monoisotopic (exact) mass is 543 g/mol. The van der Waals surface area contributed by atoms with Crippen LogP contribution < -0.4 is 9.47 Å². The molecule has 4 rings (SSSR count). The second-order valence-corrected chi connectivity index (χ2v) is 13.2. The second kappa shape index (κ2) is 10.9. The maximum absolute atomic E-state index is 14.3. The van der Waals surface area contributed by atoms with E-state index in [1.54, 1.807) is 44.4 Å². The zero-order chi connectivity index (χ0) is 27.8. The molecule has 7 nitrogen and oxygen atoms in total. The minimum Gasteiger partial charge on any atom is -0.493 e. The van der Waals surface area contributed by atoms with Gasteiger partial charge in [-0.15, -0.1) is 0 Å². The number of carbonyl (C=O) groups is 1. The molecule has 38 heavy (non-hydrogen) atoms. The molecule has 2 aromatic rings. The maximum Gasteiger partial charge on any atom is 0.332 e. The van der Waals surface area contributed by atoms with Crippen LogP contribution in [0.25, 0.3) is 0 Å². The predicted octanol–water partition coefficient (Wildman–Crippen LogP) is 5.48. The van der Waals surface area contributed by atoms with E-state index in [-0.39, 0.29) is 23.5 Å². The highest BCUT2D eigenvalue weighted by atomic mass is 32.2. The lowest BCUT2D eigenvalue weighted by Crippen LogP contribution is -2.57. The van der Waals surface area contributed by atoms with Crippen molar-refractivity contribution in [3.05, 3.63) is 53.1 Å². The highest BCUT2D eigenvalue weighted by Crippen LogP contribution is 2.45. The SMILES string of the molecule is COc1cc2c(cc1OC)[C@](C)(C(=O)O[C@H]1C[C@@H](C)CC[C@@H]1C(C)C)N(S(=O)(=O)c1ccc(C)cc1)CC2. The first-order valence-corrected chi connectivity index (χ1v) is 14.9. The number of sulfonamides is 1. The van der Waals surface area contributed by atoms with Crippen molar-refractivity contribution in [3.63, 3.8) is 0 Å². The summed E-state index contributed by atoms with van der Waals surface area (Å²) in [6, 6.07) is 10.3. The topological polar surface area (TPSA) is 82.1 Å². The minimum atomic E-state index is -4.03. The number of carbonyl (C=O) groups excluding carboxylic acids is 1. The van der Waals surface area contributed by atoms with Crippen LogP contribution in [0, 0.1) is 24.7 Å². The van der Waals surface area contributed by atoms with E-state index in [4.69, 9.17) is 14.2 Å². The van der Waals surface area contributed by atoms with E-state index in [0.717, 1.165) is 30.4 Å². The number of ether oxygens (including phenoxy) is 3. The standard InChI is InChI=1S/C30H41NO6S/c1-19(2)24-13-10-21(4)16-26(24)37-29(32)30(5)25-18-28(36-7)27(35-6)17-22(25)14-15-31(30)38(33,34)23-11-8-20(3)9-12-23/h8-9,11-12,17-19,21,24,26H,10,13-16H2,1-7H3/t21-,24+,26-,30+/m0/s1. The third-order valence-electron chi connectivity index (χ3n) is 8.44. The van der Waals surface area contributed by atoms with Crippen LogP contribution in [0.5, 0.6) is 11.5 Å². The Kier molecular flexibility index (Phi) is 8.15. The molecule has 0 aromatic heterocycles. The van der Waals surface area contributed by atoms with Crippen molar-refractivity contribution < 1.29 is 27.4 Å². The largest absolute Gasteiger partial charge is 0.493 e. The van der Waals surface area contributed by atoms with Crippen molar-refractivity contribution in [3.8, 4) is 11.5 Å². The van der Waals surface area contributed by atoms with Crippen LogP contribution in [0.4, 0.5) is 0 Å². The predicted molar refractivity (Wildman–Crippen MR) is 147 cm³/mol. The molecule has 0 unspecified atom stereocenters. The van der Waals surface area contributed by atoms with Gasteiger partial charge in [0.15, 0.2) is 17.0 Å². The van der Waals surface area contributed by atoms with Gasteiger partial charge in [0, 0.05) is 6.54 Å². The van der Waals surface area contributed by atoms with Gasteiger partial charge in [0.05, 0.1) is 19.1 Å². The number of fused-ring (bicyclic) bond motifs is 1. The lowest BCUT2D eigenvalue weighted by Gasteiger charge is -2.45. The van der Waals surface area contributed by atoms with Crippen molar-refractivity contribution in [2.45, 2.75) is 76.8 Å². The number of rotatable bonds is 7. The van der Waals surface area contributed by atoms with Gasteiger partial charge in [-0.3, -0.25) is 0 Å². The van der Waals surface area contributed by atoms with Gasteiger partial charge < -0.3 is 14.2 Å². The molecule has 2 aliphatic rings. The molecule has 1 aliphatic carbocycles. The summed E-state index contributed by atoms with van der Waals surface area (Å²) in [5.74, 6) is 1.44. The molecule has 1 heterocycles. The van der Waals surface area contributed by atoms with E-state index in [9.17, 15) is 13.2 Å². The van der Waals surface area contributed by atoms with Crippen LogP contribution in [0.1, 0.15) is 63.6 Å². The Balaban J connectivity index is 1.84. The van der Waals surface area contributed by atoms with Crippen molar-refractivity contribution >= 4 is 16.0 Å². The first-order chi connectivity index (χ1) is 17.9. The number of esters is 1. The molecule has 1 saturated carbocycles. The van der Waals surface area contributed by atoms with Crippen LogP contribution in [-0.4, -0.2) is 45.6 Å². The number of aryl methyl sites for hydroxylation is 1. The number of hydrogen-bond acceptors (Lipinski definition) is 6. The van der Waals surface area contributed by atoms with Gasteiger partial charge in [-0.1, -0.05) is 44.9 Å². The van der Waals surface area contributed by atoms with Crippen LogP contribution in [-0.2, 0) is 31.5 Å². The Hall–Kier alpha value is -2.58. The summed E-state index contributed by atoms with van der Waals surface area (Å²) < 4.78 is 46.9. The van der Waals surface area contributed by atoms with Crippen LogP contribution >= 0.6 is 0 Å². The number of nitrogens with zero attached hydrogens (tertiary/aromatic N) is 1. The number of hydrogen-bond donors (Lipinski definition) is 0. The first-order valence-electron chi connectivity index (χ1n) is 13.5. The molecule has 208 valence electrons. The van der Waals surface area contributed by atoms with Crippen molar-refractivity contribution in [1.29, 1.82) is 0 Å². The van der Waals surface area contributed by atoms with Gasteiger partial charge in [-0.05, 0) is 86.3 Å². The molecule has 0 bridgehead atoms. The molecule has 1 fully saturated rings. The normalized spacial score (nSPS) is 26.1. The molecule has 0 saturated heterocycles. The molecule has 8 heteroatoms.